The molecule has 7 N–H and O–H groups in total. The maximum absolute atomic E-state index is 12.0. The summed E-state index contributed by atoms with van der Waals surface area (Å²) in [5.41, 5.74) is 12.4. The molecule has 0 saturated heterocycles. The van der Waals surface area contributed by atoms with Crippen molar-refractivity contribution >= 4 is 11.8 Å². The van der Waals surface area contributed by atoms with E-state index < -0.39 is 23.9 Å². The molecule has 9 nitrogen and oxygen atoms in total. The van der Waals surface area contributed by atoms with E-state index in [4.69, 9.17) is 11.5 Å². The van der Waals surface area contributed by atoms with Crippen molar-refractivity contribution in [2.75, 3.05) is 0 Å². The summed E-state index contributed by atoms with van der Waals surface area (Å²) < 4.78 is 0. The second-order valence-electron chi connectivity index (χ2n) is 4.60. The molecule has 0 aliphatic carbocycles. The number of H-pyrrole nitrogens is 2. The maximum Gasteiger partial charge on any atom is 0.240 e. The monoisotopic (exact) mass is 291 g/mol. The van der Waals surface area contributed by atoms with Gasteiger partial charge in [-0.2, -0.15) is 0 Å². The Hall–Kier alpha value is -2.68. The number of rotatable bonds is 7. The molecule has 0 radical (unpaired) electrons. The normalized spacial score (nSPS) is 13.6. The second kappa shape index (κ2) is 6.66. The first-order valence-electron chi connectivity index (χ1n) is 6.37. The van der Waals surface area contributed by atoms with Crippen molar-refractivity contribution in [1.82, 2.24) is 25.3 Å². The average molecular weight is 291 g/mol. The van der Waals surface area contributed by atoms with Gasteiger partial charge in [-0.1, -0.05) is 0 Å². The molecule has 0 aromatic carbocycles. The Bertz CT molecular complexity index is 579. The van der Waals surface area contributed by atoms with E-state index in [1.165, 1.54) is 12.7 Å². The first kappa shape index (κ1) is 14.7. The molecule has 9 heteroatoms. The van der Waals surface area contributed by atoms with Crippen LogP contribution in [0.1, 0.15) is 11.4 Å². The number of carbonyl (C=O) groups excluding carboxylic acids is 2. The van der Waals surface area contributed by atoms with Gasteiger partial charge < -0.3 is 26.8 Å². The molecule has 0 saturated carbocycles. The van der Waals surface area contributed by atoms with Crippen molar-refractivity contribution in [3.63, 3.8) is 0 Å². The summed E-state index contributed by atoms with van der Waals surface area (Å²) in [5, 5.41) is 2.54. The Kier molecular flexibility index (Phi) is 4.67. The minimum absolute atomic E-state index is 0.208. The Balaban J connectivity index is 1.92. The highest BCUT2D eigenvalue weighted by molar-refractivity contribution is 5.89. The summed E-state index contributed by atoms with van der Waals surface area (Å²) in [4.78, 5) is 36.9. The SMILES string of the molecule is NC(=O)[C@H](Cc1c[nH]cn1)NC(=O)[C@@H](N)Cc1c[nH]cn1. The van der Waals surface area contributed by atoms with Crippen molar-refractivity contribution in [2.24, 2.45) is 11.5 Å². The first-order chi connectivity index (χ1) is 10.1. The van der Waals surface area contributed by atoms with Gasteiger partial charge in [0, 0.05) is 25.2 Å². The summed E-state index contributed by atoms with van der Waals surface area (Å²) in [7, 11) is 0. The van der Waals surface area contributed by atoms with Crippen LogP contribution in [-0.2, 0) is 22.4 Å². The van der Waals surface area contributed by atoms with Crippen LogP contribution in [0.4, 0.5) is 0 Å². The van der Waals surface area contributed by atoms with Crippen LogP contribution >= 0.6 is 0 Å². The molecule has 2 atom stereocenters. The number of nitrogens with one attached hydrogen (secondary N) is 3. The number of primary amides is 1. The lowest BCUT2D eigenvalue weighted by Crippen LogP contribution is -2.52. The van der Waals surface area contributed by atoms with Crippen LogP contribution in [-0.4, -0.2) is 43.8 Å². The molecule has 0 spiro atoms. The van der Waals surface area contributed by atoms with Gasteiger partial charge in [0.15, 0.2) is 0 Å². The van der Waals surface area contributed by atoms with Gasteiger partial charge >= 0.3 is 0 Å². The molecule has 0 bridgehead atoms. The Morgan fingerprint density at radius 2 is 1.71 bits per heavy atom. The molecular weight excluding hydrogens is 274 g/mol. The lowest BCUT2D eigenvalue weighted by Gasteiger charge is -2.17. The Labute approximate surface area is 120 Å². The zero-order valence-electron chi connectivity index (χ0n) is 11.2. The lowest BCUT2D eigenvalue weighted by molar-refractivity contribution is -0.128. The third kappa shape index (κ3) is 4.14. The topological polar surface area (TPSA) is 156 Å². The van der Waals surface area contributed by atoms with E-state index in [1.807, 2.05) is 0 Å². The van der Waals surface area contributed by atoms with Crippen molar-refractivity contribution in [1.29, 1.82) is 0 Å². The van der Waals surface area contributed by atoms with Crippen molar-refractivity contribution < 1.29 is 9.59 Å². The molecule has 2 amide bonds. The van der Waals surface area contributed by atoms with Crippen LogP contribution in [0.15, 0.2) is 25.0 Å². The summed E-state index contributed by atoms with van der Waals surface area (Å²) in [5.74, 6) is -1.10. The number of aromatic nitrogens is 4. The molecule has 2 heterocycles. The van der Waals surface area contributed by atoms with E-state index in [0.717, 1.165) is 0 Å². The summed E-state index contributed by atoms with van der Waals surface area (Å²) in [6.45, 7) is 0. The van der Waals surface area contributed by atoms with Crippen molar-refractivity contribution in [3.8, 4) is 0 Å². The van der Waals surface area contributed by atoms with Crippen LogP contribution in [0.3, 0.4) is 0 Å². The van der Waals surface area contributed by atoms with E-state index in [1.54, 1.807) is 12.4 Å². The van der Waals surface area contributed by atoms with Gasteiger partial charge in [0.25, 0.3) is 0 Å². The minimum atomic E-state index is -0.856. The fourth-order valence-corrected chi connectivity index (χ4v) is 1.83. The van der Waals surface area contributed by atoms with Crippen LogP contribution in [0, 0.1) is 0 Å². The molecule has 2 aromatic rings. The van der Waals surface area contributed by atoms with Crippen molar-refractivity contribution in [2.45, 2.75) is 24.9 Å². The van der Waals surface area contributed by atoms with E-state index in [9.17, 15) is 9.59 Å². The van der Waals surface area contributed by atoms with Crippen LogP contribution < -0.4 is 16.8 Å². The maximum atomic E-state index is 12.0. The molecule has 2 aromatic heterocycles. The van der Waals surface area contributed by atoms with E-state index in [2.05, 4.69) is 25.3 Å². The van der Waals surface area contributed by atoms with Gasteiger partial charge in [0.05, 0.1) is 30.1 Å². The van der Waals surface area contributed by atoms with Crippen molar-refractivity contribution in [3.05, 3.63) is 36.4 Å². The molecule has 0 unspecified atom stereocenters. The standard InChI is InChI=1S/C12H17N7O2/c13-9(1-7-3-15-5-17-7)12(21)19-10(11(14)20)2-8-4-16-6-18-8/h3-6,9-10H,1-2,13H2,(H2,14,20)(H,15,17)(H,16,18)(H,19,21)/t9-,10-/m0/s1. The predicted octanol–water partition coefficient (Wildman–Crippen LogP) is -1.78. The highest BCUT2D eigenvalue weighted by Gasteiger charge is 2.23. The van der Waals surface area contributed by atoms with Crippen LogP contribution in [0.25, 0.3) is 0 Å². The van der Waals surface area contributed by atoms with E-state index in [0.29, 0.717) is 11.4 Å². The zero-order valence-corrected chi connectivity index (χ0v) is 11.2. The Morgan fingerprint density at radius 3 is 2.19 bits per heavy atom. The second-order valence-corrected chi connectivity index (χ2v) is 4.60. The fraction of sp³-hybridized carbons (Fsp3) is 0.333. The quantitative estimate of drug-likeness (QED) is 0.407. The Morgan fingerprint density at radius 1 is 1.14 bits per heavy atom. The third-order valence-electron chi connectivity index (χ3n) is 2.95. The molecular formula is C12H17N7O2. The number of aromatic amines is 2. The molecule has 21 heavy (non-hydrogen) atoms. The van der Waals surface area contributed by atoms with Gasteiger partial charge in [0.1, 0.15) is 6.04 Å². The number of imidazole rings is 2. The molecule has 0 fully saturated rings. The summed E-state index contributed by atoms with van der Waals surface area (Å²) >= 11 is 0. The minimum Gasteiger partial charge on any atom is -0.368 e. The summed E-state index contributed by atoms with van der Waals surface area (Å²) in [6.07, 6.45) is 6.75. The number of amides is 2. The van der Waals surface area contributed by atoms with Crippen LogP contribution in [0.5, 0.6) is 0 Å². The molecule has 2 rings (SSSR count). The molecule has 0 aliphatic heterocycles. The van der Waals surface area contributed by atoms with Gasteiger partial charge in [-0.3, -0.25) is 9.59 Å². The van der Waals surface area contributed by atoms with Crippen LogP contribution in [0.2, 0.25) is 0 Å². The number of hydrogen-bond acceptors (Lipinski definition) is 5. The largest absolute Gasteiger partial charge is 0.368 e. The zero-order chi connectivity index (χ0) is 15.2. The van der Waals surface area contributed by atoms with Gasteiger partial charge in [-0.15, -0.1) is 0 Å². The number of nitrogens with zero attached hydrogens (tertiary/aromatic N) is 2. The molecule has 0 aliphatic rings. The van der Waals surface area contributed by atoms with E-state index in [-0.39, 0.29) is 12.8 Å². The predicted molar refractivity (Wildman–Crippen MR) is 73.7 cm³/mol. The summed E-state index contributed by atoms with van der Waals surface area (Å²) in [6, 6.07) is -1.67. The first-order valence-corrected chi connectivity index (χ1v) is 6.37. The number of carbonyl (C=O) groups is 2. The van der Waals surface area contributed by atoms with Gasteiger partial charge in [-0.05, 0) is 0 Å². The highest BCUT2D eigenvalue weighted by atomic mass is 16.2. The number of hydrogen-bond donors (Lipinski definition) is 5. The van der Waals surface area contributed by atoms with Gasteiger partial charge in [0.2, 0.25) is 11.8 Å². The fourth-order valence-electron chi connectivity index (χ4n) is 1.83. The van der Waals surface area contributed by atoms with E-state index >= 15 is 0 Å². The number of nitrogens with two attached hydrogens (primary N) is 2. The smallest absolute Gasteiger partial charge is 0.240 e. The average Bonchev–Trinajstić information content (AvgIpc) is 3.10. The van der Waals surface area contributed by atoms with Gasteiger partial charge in [-0.25, -0.2) is 9.97 Å². The highest BCUT2D eigenvalue weighted by Crippen LogP contribution is 2.01. The lowest BCUT2D eigenvalue weighted by atomic mass is 10.1. The third-order valence-corrected chi connectivity index (χ3v) is 2.95. The molecule has 112 valence electrons.